The van der Waals surface area contributed by atoms with Crippen LogP contribution in [0.1, 0.15) is 12.0 Å². The van der Waals surface area contributed by atoms with Crippen molar-refractivity contribution >= 4 is 5.96 Å². The first-order valence-electron chi connectivity index (χ1n) is 5.66. The molecule has 0 spiro atoms. The minimum absolute atomic E-state index is 0.938. The molecule has 0 saturated heterocycles. The van der Waals surface area contributed by atoms with Crippen LogP contribution in [0.4, 0.5) is 0 Å². The van der Waals surface area contributed by atoms with Crippen molar-refractivity contribution in [3.63, 3.8) is 0 Å². The molecule has 3 heteroatoms. The highest BCUT2D eigenvalue weighted by molar-refractivity contribution is 5.79. The van der Waals surface area contributed by atoms with E-state index < -0.39 is 0 Å². The Morgan fingerprint density at radius 3 is 2.50 bits per heavy atom. The average molecular weight is 219 g/mol. The third kappa shape index (κ3) is 4.34. The summed E-state index contributed by atoms with van der Waals surface area (Å²) in [7, 11) is 5.79. The third-order valence-electron chi connectivity index (χ3n) is 2.40. The summed E-state index contributed by atoms with van der Waals surface area (Å²) in [5.41, 5.74) is 1.39. The lowest BCUT2D eigenvalue weighted by molar-refractivity contribution is 0.578. The van der Waals surface area contributed by atoms with E-state index in [-0.39, 0.29) is 0 Å². The molecule has 0 saturated carbocycles. The Labute approximate surface area is 98.2 Å². The maximum atomic E-state index is 4.16. The van der Waals surface area contributed by atoms with Crippen molar-refractivity contribution in [1.29, 1.82) is 0 Å². The second-order valence-corrected chi connectivity index (χ2v) is 3.96. The molecule has 1 rings (SSSR count). The molecule has 1 N–H and O–H groups in total. The number of hydrogen-bond donors (Lipinski definition) is 1. The maximum Gasteiger partial charge on any atom is 0.193 e. The van der Waals surface area contributed by atoms with E-state index in [0.29, 0.717) is 0 Å². The molecule has 3 nitrogen and oxygen atoms in total. The Balaban J connectivity index is 2.22. The summed E-state index contributed by atoms with van der Waals surface area (Å²) in [6.07, 6.45) is 2.23. The van der Waals surface area contributed by atoms with E-state index in [9.17, 15) is 0 Å². The fourth-order valence-corrected chi connectivity index (χ4v) is 1.57. The van der Waals surface area contributed by atoms with Gasteiger partial charge in [-0.05, 0) is 18.4 Å². The van der Waals surface area contributed by atoms with Crippen LogP contribution in [0.15, 0.2) is 35.3 Å². The Bertz CT molecular complexity index is 317. The number of aliphatic imine (C=N–C) groups is 1. The fraction of sp³-hybridized carbons (Fsp3) is 0.462. The molecule has 0 heterocycles. The first-order valence-corrected chi connectivity index (χ1v) is 5.66. The van der Waals surface area contributed by atoms with Gasteiger partial charge in [0.05, 0.1) is 0 Å². The molecule has 16 heavy (non-hydrogen) atoms. The molecule has 0 unspecified atom stereocenters. The summed E-state index contributed by atoms with van der Waals surface area (Å²) in [6.45, 7) is 0.958. The quantitative estimate of drug-likeness (QED) is 0.475. The van der Waals surface area contributed by atoms with Gasteiger partial charge in [-0.1, -0.05) is 30.3 Å². The smallest absolute Gasteiger partial charge is 0.193 e. The standard InChI is InChI=1S/C13H21N3/c1-14-13(16(2)3)15-11-7-10-12-8-5-4-6-9-12/h4-6,8-9H,7,10-11H2,1-3H3,(H,14,15). The number of guanidine groups is 1. The van der Waals surface area contributed by atoms with Crippen molar-refractivity contribution in [1.82, 2.24) is 10.2 Å². The van der Waals surface area contributed by atoms with Gasteiger partial charge in [-0.15, -0.1) is 0 Å². The van der Waals surface area contributed by atoms with Crippen LogP contribution in [0.2, 0.25) is 0 Å². The molecule has 0 aromatic heterocycles. The number of nitrogens with zero attached hydrogens (tertiary/aromatic N) is 2. The topological polar surface area (TPSA) is 27.6 Å². The number of nitrogens with one attached hydrogen (secondary N) is 1. The lowest BCUT2D eigenvalue weighted by Gasteiger charge is -2.16. The van der Waals surface area contributed by atoms with Crippen molar-refractivity contribution in [3.8, 4) is 0 Å². The van der Waals surface area contributed by atoms with Crippen molar-refractivity contribution in [2.45, 2.75) is 12.8 Å². The number of rotatable bonds is 4. The first kappa shape index (κ1) is 12.6. The largest absolute Gasteiger partial charge is 0.356 e. The highest BCUT2D eigenvalue weighted by Crippen LogP contribution is 2.01. The van der Waals surface area contributed by atoms with Gasteiger partial charge in [-0.3, -0.25) is 4.99 Å². The molecule has 0 radical (unpaired) electrons. The minimum atomic E-state index is 0.938. The van der Waals surface area contributed by atoms with E-state index >= 15 is 0 Å². The van der Waals surface area contributed by atoms with Crippen LogP contribution in [0.3, 0.4) is 0 Å². The van der Waals surface area contributed by atoms with Crippen molar-refractivity contribution in [2.75, 3.05) is 27.7 Å². The molecule has 0 fully saturated rings. The average Bonchev–Trinajstić information content (AvgIpc) is 2.30. The van der Waals surface area contributed by atoms with Gasteiger partial charge < -0.3 is 10.2 Å². The van der Waals surface area contributed by atoms with Gasteiger partial charge in [-0.25, -0.2) is 0 Å². The zero-order valence-electron chi connectivity index (χ0n) is 10.4. The minimum Gasteiger partial charge on any atom is -0.356 e. The highest BCUT2D eigenvalue weighted by atomic mass is 15.3. The van der Waals surface area contributed by atoms with Gasteiger partial charge in [-0.2, -0.15) is 0 Å². The SMILES string of the molecule is CN=C(NCCCc1ccccc1)N(C)C. The van der Waals surface area contributed by atoms with Crippen LogP contribution in [0, 0.1) is 0 Å². The van der Waals surface area contributed by atoms with E-state index in [1.807, 2.05) is 19.0 Å². The summed E-state index contributed by atoms with van der Waals surface area (Å²) < 4.78 is 0. The lowest BCUT2D eigenvalue weighted by Crippen LogP contribution is -2.36. The van der Waals surface area contributed by atoms with Crippen molar-refractivity contribution < 1.29 is 0 Å². The Hall–Kier alpha value is -1.51. The molecule has 88 valence electrons. The lowest BCUT2D eigenvalue weighted by atomic mass is 10.1. The number of benzene rings is 1. The molecular weight excluding hydrogens is 198 g/mol. The van der Waals surface area contributed by atoms with Crippen LogP contribution < -0.4 is 5.32 Å². The van der Waals surface area contributed by atoms with Gasteiger partial charge in [0.15, 0.2) is 5.96 Å². The Morgan fingerprint density at radius 2 is 1.94 bits per heavy atom. The molecule has 0 aliphatic carbocycles. The van der Waals surface area contributed by atoms with Crippen LogP contribution in [-0.2, 0) is 6.42 Å². The molecule has 0 bridgehead atoms. The van der Waals surface area contributed by atoms with Crippen LogP contribution in [0.5, 0.6) is 0 Å². The molecule has 0 aliphatic heterocycles. The maximum absolute atomic E-state index is 4.16. The number of aryl methyl sites for hydroxylation is 1. The van der Waals surface area contributed by atoms with Crippen LogP contribution >= 0.6 is 0 Å². The number of hydrogen-bond acceptors (Lipinski definition) is 1. The zero-order valence-corrected chi connectivity index (χ0v) is 10.4. The van der Waals surface area contributed by atoms with Gasteiger partial charge >= 0.3 is 0 Å². The monoisotopic (exact) mass is 219 g/mol. The molecular formula is C13H21N3. The van der Waals surface area contributed by atoms with E-state index in [0.717, 1.165) is 25.3 Å². The normalized spacial score (nSPS) is 11.3. The predicted molar refractivity (Wildman–Crippen MR) is 69.8 cm³/mol. The van der Waals surface area contributed by atoms with E-state index in [2.05, 4.69) is 40.6 Å². The highest BCUT2D eigenvalue weighted by Gasteiger charge is 1.98. The summed E-state index contributed by atoms with van der Waals surface area (Å²) in [4.78, 5) is 6.15. The summed E-state index contributed by atoms with van der Waals surface area (Å²) in [6, 6.07) is 10.6. The second kappa shape index (κ2) is 6.88. The Morgan fingerprint density at radius 1 is 1.25 bits per heavy atom. The second-order valence-electron chi connectivity index (χ2n) is 3.96. The molecule has 0 aliphatic rings. The Kier molecular flexibility index (Phi) is 5.40. The predicted octanol–water partition coefficient (Wildman–Crippen LogP) is 1.76. The molecule has 1 aromatic rings. The zero-order chi connectivity index (χ0) is 11.8. The third-order valence-corrected chi connectivity index (χ3v) is 2.40. The molecule has 0 amide bonds. The van der Waals surface area contributed by atoms with Crippen molar-refractivity contribution in [3.05, 3.63) is 35.9 Å². The van der Waals surface area contributed by atoms with E-state index in [4.69, 9.17) is 0 Å². The van der Waals surface area contributed by atoms with E-state index in [1.54, 1.807) is 7.05 Å². The summed E-state index contributed by atoms with van der Waals surface area (Å²) in [5.74, 6) is 0.938. The fourth-order valence-electron chi connectivity index (χ4n) is 1.57. The molecule has 1 aromatic carbocycles. The van der Waals surface area contributed by atoms with Gasteiger partial charge in [0.2, 0.25) is 0 Å². The van der Waals surface area contributed by atoms with Gasteiger partial charge in [0.1, 0.15) is 0 Å². The van der Waals surface area contributed by atoms with Crippen molar-refractivity contribution in [2.24, 2.45) is 4.99 Å². The summed E-state index contributed by atoms with van der Waals surface area (Å²) >= 11 is 0. The van der Waals surface area contributed by atoms with Gasteiger partial charge in [0.25, 0.3) is 0 Å². The van der Waals surface area contributed by atoms with Crippen LogP contribution in [-0.4, -0.2) is 38.5 Å². The molecule has 0 atom stereocenters. The van der Waals surface area contributed by atoms with Gasteiger partial charge in [0, 0.05) is 27.7 Å². The van der Waals surface area contributed by atoms with Crippen LogP contribution in [0.25, 0.3) is 0 Å². The first-order chi connectivity index (χ1) is 7.74. The van der Waals surface area contributed by atoms with E-state index in [1.165, 1.54) is 5.56 Å². The summed E-state index contributed by atoms with van der Waals surface area (Å²) in [5, 5.41) is 3.32.